The molecule has 0 aliphatic heterocycles. The molecule has 2 N–H and O–H groups in total. The molecule has 2 aromatic carbocycles. The molecule has 0 spiro atoms. The summed E-state index contributed by atoms with van der Waals surface area (Å²) in [4.78, 5) is 23.4. The molecule has 6 nitrogen and oxygen atoms in total. The number of rotatable bonds is 7. The van der Waals surface area contributed by atoms with Crippen molar-refractivity contribution in [3.8, 4) is 11.5 Å². The molecule has 0 radical (unpaired) electrons. The van der Waals surface area contributed by atoms with Crippen LogP contribution in [0.4, 0.5) is 0 Å². The zero-order chi connectivity index (χ0) is 18.8. The maximum atomic E-state index is 11.7. The largest absolute Gasteiger partial charge is 0.494 e. The van der Waals surface area contributed by atoms with Gasteiger partial charge in [0.05, 0.1) is 6.61 Å². The topological polar surface area (TPSA) is 76.7 Å². The third-order valence-corrected chi connectivity index (χ3v) is 3.33. The normalized spacial score (nSPS) is 10.4. The van der Waals surface area contributed by atoms with Gasteiger partial charge in [-0.25, -0.2) is 0 Å². The van der Waals surface area contributed by atoms with Gasteiger partial charge in [0.25, 0.3) is 11.8 Å². The molecule has 2 amide bonds. The van der Waals surface area contributed by atoms with Gasteiger partial charge < -0.3 is 9.47 Å². The van der Waals surface area contributed by atoms with E-state index in [2.05, 4.69) is 10.9 Å². The Morgan fingerprint density at radius 3 is 2.19 bits per heavy atom. The third kappa shape index (κ3) is 6.68. The quantitative estimate of drug-likeness (QED) is 0.592. The maximum Gasteiger partial charge on any atom is 0.276 e. The molecule has 26 heavy (non-hydrogen) atoms. The average Bonchev–Trinajstić information content (AvgIpc) is 2.65. The molecule has 0 fully saturated rings. The molecular weight excluding hydrogens is 332 g/mol. The van der Waals surface area contributed by atoms with Gasteiger partial charge >= 0.3 is 0 Å². The van der Waals surface area contributed by atoms with Gasteiger partial charge in [0.15, 0.2) is 6.61 Å². The minimum atomic E-state index is -0.451. The molecule has 0 saturated heterocycles. The fraction of sp³-hybridized carbons (Fsp3) is 0.200. The van der Waals surface area contributed by atoms with Crippen LogP contribution in [0.15, 0.2) is 54.6 Å². The Hall–Kier alpha value is -3.28. The van der Waals surface area contributed by atoms with Crippen LogP contribution in [0, 0.1) is 6.92 Å². The van der Waals surface area contributed by atoms with E-state index in [-0.39, 0.29) is 6.61 Å². The van der Waals surface area contributed by atoms with Crippen LogP contribution in [0.1, 0.15) is 18.1 Å². The van der Waals surface area contributed by atoms with Crippen molar-refractivity contribution in [2.75, 3.05) is 13.2 Å². The Kier molecular flexibility index (Phi) is 7.24. The zero-order valence-corrected chi connectivity index (χ0v) is 14.8. The number of amides is 2. The van der Waals surface area contributed by atoms with E-state index in [4.69, 9.17) is 9.47 Å². The van der Waals surface area contributed by atoms with Gasteiger partial charge in [-0.2, -0.15) is 0 Å². The summed E-state index contributed by atoms with van der Waals surface area (Å²) in [5.41, 5.74) is 6.54. The first-order chi connectivity index (χ1) is 12.6. The van der Waals surface area contributed by atoms with Crippen LogP contribution in [0.5, 0.6) is 11.5 Å². The number of nitrogens with one attached hydrogen (secondary N) is 2. The van der Waals surface area contributed by atoms with Crippen molar-refractivity contribution < 1.29 is 19.1 Å². The molecule has 0 atom stereocenters. The third-order valence-electron chi connectivity index (χ3n) is 3.33. The van der Waals surface area contributed by atoms with Gasteiger partial charge in [-0.05, 0) is 49.8 Å². The Labute approximate surface area is 152 Å². The molecule has 0 heterocycles. The molecule has 0 aliphatic carbocycles. The minimum absolute atomic E-state index is 0.189. The maximum absolute atomic E-state index is 11.7. The second-order valence-electron chi connectivity index (χ2n) is 5.47. The lowest BCUT2D eigenvalue weighted by Crippen LogP contribution is -2.43. The van der Waals surface area contributed by atoms with Crippen molar-refractivity contribution in [3.63, 3.8) is 0 Å². The van der Waals surface area contributed by atoms with Crippen LogP contribution in [0.25, 0.3) is 6.08 Å². The molecule has 0 bridgehead atoms. The molecule has 0 unspecified atom stereocenters. The van der Waals surface area contributed by atoms with E-state index in [1.54, 1.807) is 18.2 Å². The van der Waals surface area contributed by atoms with Crippen LogP contribution < -0.4 is 20.3 Å². The van der Waals surface area contributed by atoms with Gasteiger partial charge in [-0.3, -0.25) is 20.4 Å². The van der Waals surface area contributed by atoms with Gasteiger partial charge in [0, 0.05) is 6.08 Å². The first-order valence-corrected chi connectivity index (χ1v) is 8.26. The van der Waals surface area contributed by atoms with Crippen molar-refractivity contribution >= 4 is 17.9 Å². The minimum Gasteiger partial charge on any atom is -0.494 e. The second kappa shape index (κ2) is 9.88. The molecule has 0 aromatic heterocycles. The van der Waals surface area contributed by atoms with E-state index in [1.807, 2.05) is 50.2 Å². The van der Waals surface area contributed by atoms with Gasteiger partial charge in [0.2, 0.25) is 0 Å². The van der Waals surface area contributed by atoms with Crippen molar-refractivity contribution in [1.82, 2.24) is 10.9 Å². The Balaban J connectivity index is 1.71. The highest BCUT2D eigenvalue weighted by Crippen LogP contribution is 2.13. The summed E-state index contributed by atoms with van der Waals surface area (Å²) >= 11 is 0. The first kappa shape index (κ1) is 19.1. The number of hydrogen-bond acceptors (Lipinski definition) is 4. The molecule has 2 rings (SSSR count). The van der Waals surface area contributed by atoms with E-state index >= 15 is 0 Å². The number of carbonyl (C=O) groups is 2. The highest BCUT2D eigenvalue weighted by Gasteiger charge is 2.03. The van der Waals surface area contributed by atoms with E-state index in [9.17, 15) is 9.59 Å². The molecule has 2 aromatic rings. The van der Waals surface area contributed by atoms with Crippen LogP contribution >= 0.6 is 0 Å². The Morgan fingerprint density at radius 2 is 1.54 bits per heavy atom. The molecular formula is C20H22N2O4. The van der Waals surface area contributed by atoms with Crippen molar-refractivity contribution in [3.05, 3.63) is 65.7 Å². The first-order valence-electron chi connectivity index (χ1n) is 8.26. The number of hydrazine groups is 1. The summed E-state index contributed by atoms with van der Waals surface area (Å²) in [7, 11) is 0. The number of carbonyl (C=O) groups excluding carboxylic acids is 2. The summed E-state index contributed by atoms with van der Waals surface area (Å²) in [6, 6.07) is 14.7. The van der Waals surface area contributed by atoms with Crippen LogP contribution in [-0.2, 0) is 9.59 Å². The van der Waals surface area contributed by atoms with Crippen molar-refractivity contribution in [1.29, 1.82) is 0 Å². The standard InChI is InChI=1S/C20H22N2O4/c1-3-25-17-11-6-16(7-12-17)8-13-19(23)21-22-20(24)14-26-18-9-4-15(2)5-10-18/h4-13H,3,14H2,1-2H3,(H,21,23)(H,22,24)/b13-8+. The lowest BCUT2D eigenvalue weighted by molar-refractivity contribution is -0.128. The summed E-state index contributed by atoms with van der Waals surface area (Å²) < 4.78 is 10.7. The second-order valence-corrected chi connectivity index (χ2v) is 5.47. The SMILES string of the molecule is CCOc1ccc(/C=C/C(=O)NNC(=O)COc2ccc(C)cc2)cc1. The summed E-state index contributed by atoms with van der Waals surface area (Å²) in [6.45, 7) is 4.29. The Bertz CT molecular complexity index is 752. The van der Waals surface area contributed by atoms with Crippen LogP contribution in [0.3, 0.4) is 0 Å². The lowest BCUT2D eigenvalue weighted by atomic mass is 10.2. The van der Waals surface area contributed by atoms with E-state index in [0.29, 0.717) is 12.4 Å². The number of ether oxygens (including phenoxy) is 2. The summed E-state index contributed by atoms with van der Waals surface area (Å²) in [5.74, 6) is 0.471. The molecule has 136 valence electrons. The number of hydrogen-bond donors (Lipinski definition) is 2. The van der Waals surface area contributed by atoms with E-state index < -0.39 is 11.8 Å². The summed E-state index contributed by atoms with van der Waals surface area (Å²) in [5, 5.41) is 0. The smallest absolute Gasteiger partial charge is 0.276 e. The average molecular weight is 354 g/mol. The van der Waals surface area contributed by atoms with Crippen LogP contribution in [0.2, 0.25) is 0 Å². The van der Waals surface area contributed by atoms with Gasteiger partial charge in [-0.1, -0.05) is 29.8 Å². The fourth-order valence-electron chi connectivity index (χ4n) is 2.01. The van der Waals surface area contributed by atoms with Crippen LogP contribution in [-0.4, -0.2) is 25.0 Å². The van der Waals surface area contributed by atoms with Gasteiger partial charge in [-0.15, -0.1) is 0 Å². The Morgan fingerprint density at radius 1 is 0.923 bits per heavy atom. The van der Waals surface area contributed by atoms with Crippen molar-refractivity contribution in [2.45, 2.75) is 13.8 Å². The number of aryl methyl sites for hydroxylation is 1. The molecule has 0 aliphatic rings. The predicted molar refractivity (Wildman–Crippen MR) is 99.6 cm³/mol. The van der Waals surface area contributed by atoms with E-state index in [1.165, 1.54) is 6.08 Å². The number of benzene rings is 2. The molecule has 6 heteroatoms. The monoisotopic (exact) mass is 354 g/mol. The zero-order valence-electron chi connectivity index (χ0n) is 14.8. The van der Waals surface area contributed by atoms with E-state index in [0.717, 1.165) is 16.9 Å². The highest BCUT2D eigenvalue weighted by molar-refractivity contribution is 5.93. The van der Waals surface area contributed by atoms with Crippen molar-refractivity contribution in [2.24, 2.45) is 0 Å². The lowest BCUT2D eigenvalue weighted by Gasteiger charge is -2.07. The molecule has 0 saturated carbocycles. The fourth-order valence-corrected chi connectivity index (χ4v) is 2.01. The highest BCUT2D eigenvalue weighted by atomic mass is 16.5. The van der Waals surface area contributed by atoms with Gasteiger partial charge in [0.1, 0.15) is 11.5 Å². The predicted octanol–water partition coefficient (Wildman–Crippen LogP) is 2.63. The summed E-state index contributed by atoms with van der Waals surface area (Å²) in [6.07, 6.45) is 2.97.